The van der Waals surface area contributed by atoms with Crippen LogP contribution in [0.3, 0.4) is 0 Å². The summed E-state index contributed by atoms with van der Waals surface area (Å²) in [4.78, 5) is 26.9. The van der Waals surface area contributed by atoms with E-state index in [4.69, 9.17) is 4.74 Å². The van der Waals surface area contributed by atoms with Crippen LogP contribution in [0.5, 0.6) is 0 Å². The van der Waals surface area contributed by atoms with E-state index in [-0.39, 0.29) is 16.8 Å². The molecule has 10 heteroatoms. The average Bonchev–Trinajstić information content (AvgIpc) is 2.88. The number of imide groups is 1. The molecule has 0 saturated heterocycles. The molecule has 0 fully saturated rings. The molecule has 1 aliphatic rings. The second-order valence-corrected chi connectivity index (χ2v) is 12.1. The number of carbonyl (C=O) groups is 2. The van der Waals surface area contributed by atoms with Gasteiger partial charge < -0.3 is 4.74 Å². The number of fused-ring (bicyclic) bond motifs is 1. The molecule has 0 spiro atoms. The Kier molecular flexibility index (Phi) is 7.55. The highest BCUT2D eigenvalue weighted by atomic mass is 32.2. The van der Waals surface area contributed by atoms with Gasteiger partial charge in [0.25, 0.3) is 5.91 Å². The smallest absolute Gasteiger partial charge is 0.422 e. The molecule has 184 valence electrons. The minimum Gasteiger partial charge on any atom is -0.443 e. The van der Waals surface area contributed by atoms with E-state index in [1.807, 2.05) is 0 Å². The Hall–Kier alpha value is -2.20. The summed E-state index contributed by atoms with van der Waals surface area (Å²) in [6, 6.07) is 2.79. The van der Waals surface area contributed by atoms with Crippen molar-refractivity contribution in [1.82, 2.24) is 4.72 Å². The van der Waals surface area contributed by atoms with Gasteiger partial charge in [0.05, 0.1) is 21.4 Å². The Bertz CT molecular complexity index is 1000. The zero-order valence-electron chi connectivity index (χ0n) is 20.1. The summed E-state index contributed by atoms with van der Waals surface area (Å²) in [6.45, 7) is 12.8. The lowest BCUT2D eigenvalue weighted by molar-refractivity contribution is -0.150. The van der Waals surface area contributed by atoms with Crippen molar-refractivity contribution in [3.63, 3.8) is 0 Å². The Morgan fingerprint density at radius 1 is 1.15 bits per heavy atom. The van der Waals surface area contributed by atoms with E-state index in [1.54, 1.807) is 66.7 Å². The number of anilines is 1. The van der Waals surface area contributed by atoms with Crippen LogP contribution in [-0.4, -0.2) is 38.8 Å². The van der Waals surface area contributed by atoms with Crippen LogP contribution in [0.4, 0.5) is 23.7 Å². The van der Waals surface area contributed by atoms with Crippen molar-refractivity contribution < 1.29 is 31.7 Å². The molecule has 1 N–H and O–H groups in total. The van der Waals surface area contributed by atoms with Crippen LogP contribution >= 0.6 is 0 Å². The first-order chi connectivity index (χ1) is 14.8. The number of carbonyl (C=O) groups excluding carboxylic acids is 2. The first kappa shape index (κ1) is 27.0. The SMILES string of the molecule is C/C(C[C@H](N[S@@](=O)C(C)(C)C)C(F)(F)F)=C1/C(=O)N(C(=O)OC(C)(C)C)c2ccc(C)cc21. The summed E-state index contributed by atoms with van der Waals surface area (Å²) in [5.41, 5.74) is 0.657. The summed E-state index contributed by atoms with van der Waals surface area (Å²) in [5, 5.41) is 0. The summed E-state index contributed by atoms with van der Waals surface area (Å²) in [5.74, 6) is -0.750. The largest absolute Gasteiger partial charge is 0.443 e. The number of nitrogens with one attached hydrogen (secondary N) is 1. The van der Waals surface area contributed by atoms with Crippen molar-refractivity contribution >= 4 is 34.2 Å². The van der Waals surface area contributed by atoms with Gasteiger partial charge in [-0.05, 0) is 73.9 Å². The third kappa shape index (κ3) is 6.44. The molecule has 0 unspecified atom stereocenters. The normalized spacial score (nSPS) is 18.2. The van der Waals surface area contributed by atoms with Gasteiger partial charge in [-0.1, -0.05) is 17.2 Å². The van der Waals surface area contributed by atoms with Gasteiger partial charge >= 0.3 is 12.3 Å². The molecule has 1 aromatic carbocycles. The molecule has 0 bridgehead atoms. The lowest BCUT2D eigenvalue weighted by atomic mass is 9.96. The molecule has 2 amide bonds. The molecular formula is C23H31F3N2O4S. The number of hydrogen-bond acceptors (Lipinski definition) is 4. The quantitative estimate of drug-likeness (QED) is 0.574. The van der Waals surface area contributed by atoms with Crippen LogP contribution < -0.4 is 9.62 Å². The molecule has 33 heavy (non-hydrogen) atoms. The Morgan fingerprint density at radius 3 is 2.21 bits per heavy atom. The number of aryl methyl sites for hydroxylation is 1. The number of alkyl halides is 3. The lowest BCUT2D eigenvalue weighted by Crippen LogP contribution is -2.47. The highest BCUT2D eigenvalue weighted by Gasteiger charge is 2.44. The predicted octanol–water partition coefficient (Wildman–Crippen LogP) is 5.42. The van der Waals surface area contributed by atoms with Gasteiger partial charge in [-0.3, -0.25) is 4.79 Å². The van der Waals surface area contributed by atoms with Crippen LogP contribution in [0.2, 0.25) is 0 Å². The van der Waals surface area contributed by atoms with E-state index < -0.39 is 52.0 Å². The zero-order valence-corrected chi connectivity index (χ0v) is 21.0. The molecule has 1 aromatic rings. The van der Waals surface area contributed by atoms with Crippen molar-refractivity contribution in [2.24, 2.45) is 0 Å². The summed E-state index contributed by atoms with van der Waals surface area (Å²) in [6.07, 6.45) is -6.22. The summed E-state index contributed by atoms with van der Waals surface area (Å²) in [7, 11) is -1.98. The molecule has 0 aliphatic carbocycles. The third-order valence-electron chi connectivity index (χ3n) is 4.79. The molecule has 1 heterocycles. The molecule has 1 aliphatic heterocycles. The van der Waals surface area contributed by atoms with Gasteiger partial charge in [0.2, 0.25) is 0 Å². The van der Waals surface area contributed by atoms with Crippen molar-refractivity contribution in [3.05, 3.63) is 34.9 Å². The van der Waals surface area contributed by atoms with E-state index in [1.165, 1.54) is 6.92 Å². The maximum atomic E-state index is 13.8. The number of rotatable bonds is 4. The Labute approximate surface area is 195 Å². The maximum absolute atomic E-state index is 13.8. The Balaban J connectivity index is 2.53. The Morgan fingerprint density at radius 2 is 1.73 bits per heavy atom. The topological polar surface area (TPSA) is 75.7 Å². The standard InChI is InChI=1S/C23H31F3N2O4S/c1-13-9-10-16-15(11-13)18(19(29)28(16)20(30)32-21(3,4)5)14(2)12-17(23(24,25)26)27-33(31)22(6,7)8/h9-11,17,27H,12H2,1-8H3/b18-14-/t17-,33-/m0/s1. The van der Waals surface area contributed by atoms with Crippen LogP contribution in [0.25, 0.3) is 5.57 Å². The van der Waals surface area contributed by atoms with Crippen LogP contribution in [0.15, 0.2) is 23.8 Å². The van der Waals surface area contributed by atoms with E-state index in [0.29, 0.717) is 5.56 Å². The highest BCUT2D eigenvalue weighted by Crippen LogP contribution is 2.41. The minimum absolute atomic E-state index is 0.0113. The number of hydrogen-bond donors (Lipinski definition) is 1. The number of halogens is 3. The molecule has 0 radical (unpaired) electrons. The van der Waals surface area contributed by atoms with Gasteiger partial charge in [0, 0.05) is 11.1 Å². The monoisotopic (exact) mass is 488 g/mol. The first-order valence-corrected chi connectivity index (χ1v) is 11.6. The zero-order chi connectivity index (χ0) is 25.5. The predicted molar refractivity (Wildman–Crippen MR) is 123 cm³/mol. The van der Waals surface area contributed by atoms with Crippen LogP contribution in [0.1, 0.15) is 66.0 Å². The number of benzene rings is 1. The fourth-order valence-electron chi connectivity index (χ4n) is 3.22. The van der Waals surface area contributed by atoms with Gasteiger partial charge in [-0.15, -0.1) is 0 Å². The fourth-order valence-corrected chi connectivity index (χ4v) is 4.05. The first-order valence-electron chi connectivity index (χ1n) is 10.5. The van der Waals surface area contributed by atoms with Gasteiger partial charge in [-0.2, -0.15) is 13.2 Å². The lowest BCUT2D eigenvalue weighted by Gasteiger charge is -2.26. The van der Waals surface area contributed by atoms with E-state index >= 15 is 0 Å². The van der Waals surface area contributed by atoms with E-state index in [9.17, 15) is 27.0 Å². The number of nitrogens with zero attached hydrogens (tertiary/aromatic N) is 1. The van der Waals surface area contributed by atoms with Crippen LogP contribution in [0, 0.1) is 6.92 Å². The molecule has 0 saturated carbocycles. The van der Waals surface area contributed by atoms with E-state index in [0.717, 1.165) is 10.5 Å². The highest BCUT2D eigenvalue weighted by molar-refractivity contribution is 7.84. The van der Waals surface area contributed by atoms with Crippen molar-refractivity contribution in [1.29, 1.82) is 0 Å². The minimum atomic E-state index is -4.70. The molecule has 6 nitrogen and oxygen atoms in total. The van der Waals surface area contributed by atoms with Gasteiger partial charge in [0.1, 0.15) is 11.6 Å². The van der Waals surface area contributed by atoms with Crippen molar-refractivity contribution in [3.8, 4) is 0 Å². The fraction of sp³-hybridized carbons (Fsp3) is 0.565. The molecule has 0 aromatic heterocycles. The summed E-state index contributed by atoms with van der Waals surface area (Å²) < 4.78 is 60.3. The third-order valence-corrected chi connectivity index (χ3v) is 6.40. The number of amides is 2. The average molecular weight is 489 g/mol. The second kappa shape index (κ2) is 9.21. The summed E-state index contributed by atoms with van der Waals surface area (Å²) >= 11 is 0. The molecule has 2 atom stereocenters. The number of ether oxygens (including phenoxy) is 1. The van der Waals surface area contributed by atoms with Crippen molar-refractivity contribution in [2.45, 2.75) is 84.4 Å². The van der Waals surface area contributed by atoms with Gasteiger partial charge in [-0.25, -0.2) is 18.6 Å². The second-order valence-electron chi connectivity index (χ2n) is 10.1. The molecular weight excluding hydrogens is 457 g/mol. The van der Waals surface area contributed by atoms with Gasteiger partial charge in [0.15, 0.2) is 0 Å². The maximum Gasteiger partial charge on any atom is 0.422 e. The van der Waals surface area contributed by atoms with E-state index in [2.05, 4.69) is 4.72 Å². The molecule has 2 rings (SSSR count). The van der Waals surface area contributed by atoms with Crippen LogP contribution in [-0.2, 0) is 20.5 Å². The van der Waals surface area contributed by atoms with Crippen molar-refractivity contribution in [2.75, 3.05) is 4.90 Å².